The molecule has 0 spiro atoms. The number of fused-ring (bicyclic) bond motifs is 6. The Morgan fingerprint density at radius 2 is 1.59 bits per heavy atom. The van der Waals surface area contributed by atoms with Crippen LogP contribution in [0.5, 0.6) is 0 Å². The summed E-state index contributed by atoms with van der Waals surface area (Å²) in [6.07, 6.45) is 3.56. The van der Waals surface area contributed by atoms with E-state index in [0.29, 0.717) is 46.0 Å². The van der Waals surface area contributed by atoms with Gasteiger partial charge in [-0.25, -0.2) is 4.98 Å². The Kier molecular flexibility index (Phi) is 3.61. The van der Waals surface area contributed by atoms with Crippen molar-refractivity contribution in [2.24, 2.45) is 0 Å². The number of imide groups is 1. The van der Waals surface area contributed by atoms with Crippen molar-refractivity contribution in [2.75, 3.05) is 6.54 Å². The van der Waals surface area contributed by atoms with Crippen LogP contribution in [0.15, 0.2) is 65.5 Å². The summed E-state index contributed by atoms with van der Waals surface area (Å²) in [7, 11) is 0. The Morgan fingerprint density at radius 3 is 2.29 bits per heavy atom. The van der Waals surface area contributed by atoms with Gasteiger partial charge >= 0.3 is 0 Å². The maximum atomic E-state index is 13.0. The highest BCUT2D eigenvalue weighted by molar-refractivity contribution is 6.21. The van der Waals surface area contributed by atoms with E-state index in [1.807, 2.05) is 28.8 Å². The summed E-state index contributed by atoms with van der Waals surface area (Å²) in [4.78, 5) is 50.0. The van der Waals surface area contributed by atoms with E-state index in [1.54, 1.807) is 41.6 Å². The Hall–Kier alpha value is -4.86. The van der Waals surface area contributed by atoms with Gasteiger partial charge in [-0.05, 0) is 30.3 Å². The van der Waals surface area contributed by atoms with Crippen LogP contribution in [0.3, 0.4) is 0 Å². The minimum absolute atomic E-state index is 0.0837. The Morgan fingerprint density at radius 1 is 0.882 bits per heavy atom. The van der Waals surface area contributed by atoms with Crippen molar-refractivity contribution < 1.29 is 18.9 Å². The van der Waals surface area contributed by atoms with Crippen molar-refractivity contribution in [1.82, 2.24) is 29.5 Å². The van der Waals surface area contributed by atoms with Crippen molar-refractivity contribution in [3.63, 3.8) is 0 Å². The number of aromatic nitrogens is 4. The summed E-state index contributed by atoms with van der Waals surface area (Å²) >= 11 is 0. The van der Waals surface area contributed by atoms with Gasteiger partial charge in [-0.15, -0.1) is 0 Å². The average Bonchev–Trinajstić information content (AvgIpc) is 3.52. The number of carbonyl (C=O) groups excluding carboxylic acids is 3. The van der Waals surface area contributed by atoms with Gasteiger partial charge in [-0.2, -0.15) is 4.98 Å². The topological polar surface area (TPSA) is 114 Å². The maximum absolute atomic E-state index is 13.0. The van der Waals surface area contributed by atoms with Crippen LogP contribution in [0.25, 0.3) is 23.0 Å². The summed E-state index contributed by atoms with van der Waals surface area (Å²) in [6, 6.07) is 14.0. The van der Waals surface area contributed by atoms with Gasteiger partial charge in [0.15, 0.2) is 11.5 Å². The number of benzene rings is 2. The minimum atomic E-state index is -0.395. The molecule has 10 heteroatoms. The third kappa shape index (κ3) is 2.39. The molecule has 0 fully saturated rings. The van der Waals surface area contributed by atoms with Crippen LogP contribution >= 0.6 is 0 Å². The molecule has 0 bridgehead atoms. The zero-order valence-corrected chi connectivity index (χ0v) is 17.5. The molecule has 4 aromatic rings. The van der Waals surface area contributed by atoms with Crippen LogP contribution in [-0.4, -0.2) is 53.8 Å². The zero-order valence-electron chi connectivity index (χ0n) is 17.5. The first-order valence-electron chi connectivity index (χ1n) is 10.6. The average molecular weight is 450 g/mol. The van der Waals surface area contributed by atoms with E-state index in [9.17, 15) is 14.4 Å². The zero-order chi connectivity index (χ0) is 23.0. The molecule has 0 aliphatic carbocycles. The van der Waals surface area contributed by atoms with Gasteiger partial charge in [0.1, 0.15) is 12.0 Å². The van der Waals surface area contributed by atoms with Crippen molar-refractivity contribution >= 4 is 23.4 Å². The van der Waals surface area contributed by atoms with Crippen LogP contribution in [0.2, 0.25) is 0 Å². The van der Waals surface area contributed by atoms with Gasteiger partial charge < -0.3 is 9.42 Å². The molecule has 34 heavy (non-hydrogen) atoms. The molecular weight excluding hydrogens is 436 g/mol. The number of hydrogen-bond acceptors (Lipinski definition) is 7. The molecule has 2 aromatic carbocycles. The van der Waals surface area contributed by atoms with Crippen molar-refractivity contribution in [1.29, 1.82) is 0 Å². The molecular formula is C24H14N6O4. The molecule has 7 rings (SSSR count). The van der Waals surface area contributed by atoms with Gasteiger partial charge in [0.05, 0.1) is 34.6 Å². The normalized spacial score (nSPS) is 15.9. The lowest BCUT2D eigenvalue weighted by Crippen LogP contribution is -2.35. The number of imidazole rings is 1. The fraction of sp³-hybridized carbons (Fsp3) is 0.0833. The second-order valence-electron chi connectivity index (χ2n) is 8.09. The molecule has 0 saturated heterocycles. The standard InChI is InChI=1S/C24H14N6O4/c31-22-13-5-1-2-6-14(13)23(32)29(22)11-18-26-21(34-27-18)19-20-17-9-10-28(17)24(33)15-7-3-4-8-16(15)30(20)12-25-19/h1-9,12H,10-11H2. The fourth-order valence-corrected chi connectivity index (χ4v) is 4.57. The van der Waals surface area contributed by atoms with E-state index in [4.69, 9.17) is 4.52 Å². The third-order valence-electron chi connectivity index (χ3n) is 6.26. The molecule has 3 aliphatic rings. The molecule has 2 aromatic heterocycles. The van der Waals surface area contributed by atoms with Crippen molar-refractivity contribution in [3.8, 4) is 17.3 Å². The summed E-state index contributed by atoms with van der Waals surface area (Å²) in [5.74, 6) is -0.559. The third-order valence-corrected chi connectivity index (χ3v) is 6.26. The largest absolute Gasteiger partial charge is 0.332 e. The van der Waals surface area contributed by atoms with E-state index in [1.165, 1.54) is 0 Å². The summed E-state index contributed by atoms with van der Waals surface area (Å²) in [6.45, 7) is 0.379. The monoisotopic (exact) mass is 450 g/mol. The highest BCUT2D eigenvalue weighted by Crippen LogP contribution is 2.39. The molecule has 0 radical (unpaired) electrons. The van der Waals surface area contributed by atoms with Crippen LogP contribution in [0.1, 0.15) is 42.6 Å². The first kappa shape index (κ1) is 18.7. The number of amides is 3. The summed E-state index contributed by atoms with van der Waals surface area (Å²) in [5, 5.41) is 3.98. The van der Waals surface area contributed by atoms with E-state index < -0.39 is 11.8 Å². The van der Waals surface area contributed by atoms with Crippen LogP contribution in [0, 0.1) is 0 Å². The number of hydrogen-bond donors (Lipinski definition) is 0. The molecule has 5 heterocycles. The lowest BCUT2D eigenvalue weighted by Gasteiger charge is -2.30. The van der Waals surface area contributed by atoms with Gasteiger partial charge in [0, 0.05) is 6.54 Å². The highest BCUT2D eigenvalue weighted by atomic mass is 16.5. The quantitative estimate of drug-likeness (QED) is 0.441. The SMILES string of the molecule is O=C1c2ccccc2C(=O)N1Cc1noc(-c2ncn3c2C2=CCN2C(=O)c2ccccc2-3)n1. The summed E-state index contributed by atoms with van der Waals surface area (Å²) in [5.41, 5.74) is 3.80. The van der Waals surface area contributed by atoms with E-state index in [-0.39, 0.29) is 24.2 Å². The number of carbonyl (C=O) groups is 3. The minimum Gasteiger partial charge on any atom is -0.332 e. The molecule has 0 saturated carbocycles. The maximum Gasteiger partial charge on any atom is 0.278 e. The molecule has 0 N–H and O–H groups in total. The lowest BCUT2D eigenvalue weighted by atomic mass is 10.1. The molecule has 3 aliphatic heterocycles. The predicted molar refractivity (Wildman–Crippen MR) is 117 cm³/mol. The molecule has 10 nitrogen and oxygen atoms in total. The first-order valence-corrected chi connectivity index (χ1v) is 10.6. The van der Waals surface area contributed by atoms with Crippen molar-refractivity contribution in [2.45, 2.75) is 6.54 Å². The second-order valence-corrected chi connectivity index (χ2v) is 8.09. The Balaban J connectivity index is 1.26. The van der Waals surface area contributed by atoms with Crippen molar-refractivity contribution in [3.05, 3.63) is 89.1 Å². The van der Waals surface area contributed by atoms with Crippen LogP contribution in [0.4, 0.5) is 0 Å². The highest BCUT2D eigenvalue weighted by Gasteiger charge is 2.38. The Labute approximate surface area is 191 Å². The number of nitrogens with zero attached hydrogens (tertiary/aromatic N) is 6. The lowest BCUT2D eigenvalue weighted by molar-refractivity contribution is 0.0636. The van der Waals surface area contributed by atoms with Gasteiger partial charge in [-0.1, -0.05) is 29.4 Å². The van der Waals surface area contributed by atoms with E-state index in [2.05, 4.69) is 15.1 Å². The second kappa shape index (κ2) is 6.58. The van der Waals surface area contributed by atoms with Crippen LogP contribution < -0.4 is 0 Å². The fourth-order valence-electron chi connectivity index (χ4n) is 4.57. The predicted octanol–water partition coefficient (Wildman–Crippen LogP) is 2.53. The number of rotatable bonds is 3. The van der Waals surface area contributed by atoms with Crippen LogP contribution in [-0.2, 0) is 6.54 Å². The Bertz CT molecular complexity index is 1560. The number of para-hydroxylation sites is 1. The van der Waals surface area contributed by atoms with Gasteiger partial charge in [0.2, 0.25) is 0 Å². The summed E-state index contributed by atoms with van der Waals surface area (Å²) < 4.78 is 7.31. The van der Waals surface area contributed by atoms with E-state index >= 15 is 0 Å². The molecule has 0 atom stereocenters. The first-order chi connectivity index (χ1) is 16.6. The van der Waals surface area contributed by atoms with Gasteiger partial charge in [0.25, 0.3) is 23.6 Å². The van der Waals surface area contributed by atoms with E-state index in [0.717, 1.165) is 4.90 Å². The molecule has 3 amide bonds. The molecule has 164 valence electrons. The van der Waals surface area contributed by atoms with Gasteiger partial charge in [-0.3, -0.25) is 23.9 Å². The molecule has 0 unspecified atom stereocenters. The smallest absolute Gasteiger partial charge is 0.278 e.